The van der Waals surface area contributed by atoms with Crippen LogP contribution in [0.1, 0.15) is 36.2 Å². The van der Waals surface area contributed by atoms with Crippen molar-refractivity contribution >= 4 is 17.2 Å². The second-order valence-electron chi connectivity index (χ2n) is 6.26. The van der Waals surface area contributed by atoms with Gasteiger partial charge in [0.05, 0.1) is 19.3 Å². The second-order valence-corrected chi connectivity index (χ2v) is 7.24. The first-order chi connectivity index (χ1) is 13.8. The van der Waals surface area contributed by atoms with E-state index in [0.717, 1.165) is 16.2 Å². The van der Waals surface area contributed by atoms with Crippen molar-refractivity contribution in [3.63, 3.8) is 0 Å². The van der Waals surface area contributed by atoms with E-state index < -0.39 is 0 Å². The van der Waals surface area contributed by atoms with Gasteiger partial charge in [-0.25, -0.2) is 0 Å². The molecule has 0 bridgehead atoms. The van der Waals surface area contributed by atoms with Crippen molar-refractivity contribution in [1.29, 1.82) is 0 Å². The lowest BCUT2D eigenvalue weighted by molar-refractivity contribution is -0.121. The number of carbonyl (C=O) groups excluding carboxylic acids is 1. The van der Waals surface area contributed by atoms with E-state index in [-0.39, 0.29) is 11.9 Å². The lowest BCUT2D eigenvalue weighted by atomic mass is 10.1. The van der Waals surface area contributed by atoms with Crippen LogP contribution >= 0.6 is 11.3 Å². The molecule has 1 N–H and O–H groups in total. The minimum Gasteiger partial charge on any atom is -0.490 e. The van der Waals surface area contributed by atoms with Crippen LogP contribution in [0.5, 0.6) is 11.5 Å². The van der Waals surface area contributed by atoms with Crippen molar-refractivity contribution in [1.82, 2.24) is 5.32 Å². The number of amides is 1. The number of rotatable bonds is 10. The zero-order valence-electron chi connectivity index (χ0n) is 16.0. The first-order valence-electron chi connectivity index (χ1n) is 9.50. The van der Waals surface area contributed by atoms with Crippen molar-refractivity contribution in [2.45, 2.75) is 25.8 Å². The lowest BCUT2D eigenvalue weighted by Gasteiger charge is -2.18. The number of hydrogen-bond acceptors (Lipinski definition) is 4. The van der Waals surface area contributed by atoms with E-state index in [1.54, 1.807) is 11.3 Å². The first-order valence-corrected chi connectivity index (χ1v) is 10.4. The van der Waals surface area contributed by atoms with Gasteiger partial charge in [-0.1, -0.05) is 48.5 Å². The minimum atomic E-state index is -0.117. The monoisotopic (exact) mass is 395 g/mol. The highest BCUT2D eigenvalue weighted by Gasteiger charge is 2.17. The van der Waals surface area contributed by atoms with Gasteiger partial charge in [0.15, 0.2) is 11.5 Å². The largest absolute Gasteiger partial charge is 0.490 e. The maximum absolute atomic E-state index is 12.5. The van der Waals surface area contributed by atoms with Gasteiger partial charge in [0.25, 0.3) is 0 Å². The number of carbonyl (C=O) groups is 1. The Kier molecular flexibility index (Phi) is 7.50. The molecule has 28 heavy (non-hydrogen) atoms. The van der Waals surface area contributed by atoms with Crippen molar-refractivity contribution in [2.24, 2.45) is 0 Å². The fourth-order valence-electron chi connectivity index (χ4n) is 2.91. The molecular formula is C23H25NO3S. The topological polar surface area (TPSA) is 47.6 Å². The summed E-state index contributed by atoms with van der Waals surface area (Å²) in [4.78, 5) is 13.6. The molecule has 0 fully saturated rings. The highest BCUT2D eigenvalue weighted by Crippen LogP contribution is 2.27. The molecule has 146 valence electrons. The van der Waals surface area contributed by atoms with Gasteiger partial charge in [-0.05, 0) is 42.5 Å². The van der Waals surface area contributed by atoms with Crippen LogP contribution in [0.15, 0.2) is 72.1 Å². The van der Waals surface area contributed by atoms with E-state index >= 15 is 0 Å². The number of hydrogen-bond donors (Lipinski definition) is 1. The van der Waals surface area contributed by atoms with Crippen molar-refractivity contribution in [3.8, 4) is 11.5 Å². The minimum absolute atomic E-state index is 0.0175. The molecule has 0 unspecified atom stereocenters. The van der Waals surface area contributed by atoms with Gasteiger partial charge in [-0.15, -0.1) is 11.3 Å². The molecule has 0 aliphatic rings. The number of para-hydroxylation sites is 2. The zero-order valence-corrected chi connectivity index (χ0v) is 16.8. The van der Waals surface area contributed by atoms with Crippen LogP contribution in [0.4, 0.5) is 0 Å². The van der Waals surface area contributed by atoms with Crippen LogP contribution in [-0.4, -0.2) is 19.1 Å². The Hall–Kier alpha value is -2.79. The number of ether oxygens (including phenoxy) is 2. The highest BCUT2D eigenvalue weighted by atomic mass is 32.1. The fourth-order valence-corrected chi connectivity index (χ4v) is 3.71. The molecule has 4 nitrogen and oxygen atoms in total. The van der Waals surface area contributed by atoms with Gasteiger partial charge in [0.2, 0.25) is 5.91 Å². The molecule has 3 rings (SSSR count). The highest BCUT2D eigenvalue weighted by molar-refractivity contribution is 7.10. The summed E-state index contributed by atoms with van der Waals surface area (Å²) in [5, 5.41) is 5.19. The Balaban J connectivity index is 1.52. The molecule has 0 spiro atoms. The second kappa shape index (κ2) is 10.5. The van der Waals surface area contributed by atoms with E-state index in [0.29, 0.717) is 31.8 Å². The smallest absolute Gasteiger partial charge is 0.220 e. The lowest BCUT2D eigenvalue weighted by Crippen LogP contribution is -2.28. The van der Waals surface area contributed by atoms with Gasteiger partial charge in [0.1, 0.15) is 0 Å². The molecule has 1 heterocycles. The normalized spacial score (nSPS) is 11.6. The Labute approximate surface area is 170 Å². The zero-order chi connectivity index (χ0) is 19.6. The van der Waals surface area contributed by atoms with Crippen LogP contribution in [0.2, 0.25) is 0 Å². The molecule has 1 atom stereocenters. The Morgan fingerprint density at radius 1 is 0.964 bits per heavy atom. The molecule has 1 amide bonds. The molecule has 0 radical (unpaired) electrons. The quantitative estimate of drug-likeness (QED) is 0.479. The average Bonchev–Trinajstić information content (AvgIpc) is 3.26. The van der Waals surface area contributed by atoms with Crippen molar-refractivity contribution in [3.05, 3.63) is 82.6 Å². The third-order valence-corrected chi connectivity index (χ3v) is 5.16. The average molecular weight is 396 g/mol. The fraction of sp³-hybridized carbons (Fsp3) is 0.261. The third-order valence-electron chi connectivity index (χ3n) is 4.22. The predicted molar refractivity (Wildman–Crippen MR) is 113 cm³/mol. The summed E-state index contributed by atoms with van der Waals surface area (Å²) in [5.41, 5.74) is 1.08. The molecule has 0 aliphatic heterocycles. The number of thiophene rings is 1. The van der Waals surface area contributed by atoms with Gasteiger partial charge < -0.3 is 14.8 Å². The SMILES string of the molecule is CCOc1ccccc1OCCCC(=O)N[C@@H](c1ccccc1)c1cccs1. The Morgan fingerprint density at radius 3 is 2.36 bits per heavy atom. The summed E-state index contributed by atoms with van der Waals surface area (Å²) in [5.74, 6) is 1.46. The number of benzene rings is 2. The maximum Gasteiger partial charge on any atom is 0.220 e. The van der Waals surface area contributed by atoms with Crippen LogP contribution in [-0.2, 0) is 4.79 Å². The molecule has 3 aromatic rings. The van der Waals surface area contributed by atoms with E-state index in [1.165, 1.54) is 0 Å². The molecule has 5 heteroatoms. The maximum atomic E-state index is 12.5. The van der Waals surface area contributed by atoms with Crippen LogP contribution < -0.4 is 14.8 Å². The summed E-state index contributed by atoms with van der Waals surface area (Å²) in [6.07, 6.45) is 1.05. The first kappa shape index (κ1) is 20.0. The number of nitrogens with one attached hydrogen (secondary N) is 1. The molecule has 0 saturated carbocycles. The van der Waals surface area contributed by atoms with E-state index in [1.807, 2.05) is 73.0 Å². The molecule has 1 aromatic heterocycles. The Morgan fingerprint density at radius 2 is 1.68 bits per heavy atom. The van der Waals surface area contributed by atoms with E-state index in [4.69, 9.17) is 9.47 Å². The summed E-state index contributed by atoms with van der Waals surface area (Å²) in [6, 6.07) is 21.6. The van der Waals surface area contributed by atoms with Gasteiger partial charge in [0, 0.05) is 11.3 Å². The summed E-state index contributed by atoms with van der Waals surface area (Å²) in [6.45, 7) is 3.00. The molecule has 2 aromatic carbocycles. The summed E-state index contributed by atoms with van der Waals surface area (Å²) in [7, 11) is 0. The molecular weight excluding hydrogens is 370 g/mol. The van der Waals surface area contributed by atoms with Crippen molar-refractivity contribution < 1.29 is 14.3 Å². The van der Waals surface area contributed by atoms with Crippen molar-refractivity contribution in [2.75, 3.05) is 13.2 Å². The van der Waals surface area contributed by atoms with E-state index in [2.05, 4.69) is 11.4 Å². The van der Waals surface area contributed by atoms with Gasteiger partial charge in [-0.3, -0.25) is 4.79 Å². The third kappa shape index (κ3) is 5.60. The van der Waals surface area contributed by atoms with Crippen LogP contribution in [0.3, 0.4) is 0 Å². The van der Waals surface area contributed by atoms with Gasteiger partial charge >= 0.3 is 0 Å². The van der Waals surface area contributed by atoms with E-state index in [9.17, 15) is 4.79 Å². The van der Waals surface area contributed by atoms with Crippen LogP contribution in [0, 0.1) is 0 Å². The standard InChI is InChI=1S/C23H25NO3S/c1-2-26-19-12-6-7-13-20(19)27-16-8-15-22(25)24-23(21-14-9-17-28-21)18-10-4-3-5-11-18/h3-7,9-14,17,23H,2,8,15-16H2,1H3,(H,24,25)/t23-/m0/s1. The predicted octanol–water partition coefficient (Wildman–Crippen LogP) is 5.21. The summed E-state index contributed by atoms with van der Waals surface area (Å²) < 4.78 is 11.4. The molecule has 0 aliphatic carbocycles. The Bertz CT molecular complexity index is 849. The van der Waals surface area contributed by atoms with Gasteiger partial charge in [-0.2, -0.15) is 0 Å². The summed E-state index contributed by atoms with van der Waals surface area (Å²) >= 11 is 1.65. The van der Waals surface area contributed by atoms with Crippen LogP contribution in [0.25, 0.3) is 0 Å². The molecule has 0 saturated heterocycles.